The van der Waals surface area contributed by atoms with Gasteiger partial charge in [0, 0.05) is 19.3 Å². The molecule has 1 aliphatic heterocycles. The Morgan fingerprint density at radius 1 is 0.979 bits per heavy atom. The summed E-state index contributed by atoms with van der Waals surface area (Å²) in [5.74, 6) is -0.992. The van der Waals surface area contributed by atoms with E-state index in [-0.39, 0.29) is 24.9 Å². The first kappa shape index (κ1) is 34.0. The third kappa shape index (κ3) is 8.15. The van der Waals surface area contributed by atoms with Gasteiger partial charge >= 0.3 is 0 Å². The molecule has 1 aliphatic rings. The van der Waals surface area contributed by atoms with E-state index in [1.165, 1.54) is 6.33 Å². The van der Waals surface area contributed by atoms with Gasteiger partial charge in [0.15, 0.2) is 5.82 Å². The molecule has 4 N–H and O–H groups in total. The van der Waals surface area contributed by atoms with Crippen molar-refractivity contribution in [1.82, 2.24) is 19.8 Å². The third-order valence-electron chi connectivity index (χ3n) is 8.57. The van der Waals surface area contributed by atoms with E-state index in [1.807, 2.05) is 91.0 Å². The molecule has 248 valence electrons. The summed E-state index contributed by atoms with van der Waals surface area (Å²) in [6.45, 7) is 4.09. The van der Waals surface area contributed by atoms with Crippen LogP contribution in [0.1, 0.15) is 49.4 Å². The molecule has 2 unspecified atom stereocenters. The minimum atomic E-state index is -1.22. The molecule has 1 fully saturated rings. The highest BCUT2D eigenvalue weighted by Crippen LogP contribution is 2.36. The summed E-state index contributed by atoms with van der Waals surface area (Å²) in [6.07, 6.45) is 4.13. The normalized spacial score (nSPS) is 15.5. The van der Waals surface area contributed by atoms with Crippen LogP contribution in [-0.4, -0.2) is 63.4 Å². The molecule has 0 radical (unpaired) electrons. The summed E-state index contributed by atoms with van der Waals surface area (Å²) < 4.78 is 7.46. The van der Waals surface area contributed by atoms with E-state index >= 15 is 0 Å². The minimum Gasteiger partial charge on any atom is -0.374 e. The van der Waals surface area contributed by atoms with E-state index in [0.29, 0.717) is 25.9 Å². The van der Waals surface area contributed by atoms with Crippen LogP contribution in [0.4, 0.5) is 5.82 Å². The fraction of sp³-hybridized carbons (Fsp3) is 0.324. The van der Waals surface area contributed by atoms with Gasteiger partial charge in [-0.3, -0.25) is 14.4 Å². The molecular weight excluding hydrogens is 606 g/mol. The summed E-state index contributed by atoms with van der Waals surface area (Å²) in [5, 5.41) is 15.6. The molecule has 2 heterocycles. The second-order valence-corrected chi connectivity index (χ2v) is 12.6. The van der Waals surface area contributed by atoms with Crippen LogP contribution in [0.3, 0.4) is 0 Å². The minimum absolute atomic E-state index is 0.101. The van der Waals surface area contributed by atoms with Gasteiger partial charge in [0.25, 0.3) is 5.91 Å². The van der Waals surface area contributed by atoms with Crippen molar-refractivity contribution in [3.05, 3.63) is 120 Å². The molecule has 4 aromatic rings. The standard InChI is InChI=1S/C37H41N7O4/c1-36(2,39)35(47)41-30(24-48-23-27-12-6-3-7-13-27)33(45)42-31-22-44(26-40-31)32(28-14-8-4-9-15-28)34(46)43-20-18-37(25-38,19-21-43)29-16-10-5-11-17-29/h3-17,22,26,30,32H,18-21,23-24,39H2,1-2H3,(H,41,47)(H,42,45). The van der Waals surface area contributed by atoms with Crippen LogP contribution in [-0.2, 0) is 31.1 Å². The number of amides is 3. The van der Waals surface area contributed by atoms with E-state index in [0.717, 1.165) is 16.7 Å². The number of imidazole rings is 1. The molecule has 2 atom stereocenters. The first-order valence-electron chi connectivity index (χ1n) is 16.0. The average Bonchev–Trinajstić information content (AvgIpc) is 3.56. The van der Waals surface area contributed by atoms with Crippen molar-refractivity contribution in [2.24, 2.45) is 5.73 Å². The van der Waals surface area contributed by atoms with Gasteiger partial charge in [-0.1, -0.05) is 91.0 Å². The molecule has 48 heavy (non-hydrogen) atoms. The van der Waals surface area contributed by atoms with Crippen LogP contribution in [0.15, 0.2) is 104 Å². The van der Waals surface area contributed by atoms with Gasteiger partial charge in [-0.2, -0.15) is 5.26 Å². The highest BCUT2D eigenvalue weighted by Gasteiger charge is 2.39. The van der Waals surface area contributed by atoms with Crippen molar-refractivity contribution < 1.29 is 19.1 Å². The van der Waals surface area contributed by atoms with Gasteiger partial charge < -0.3 is 30.6 Å². The summed E-state index contributed by atoms with van der Waals surface area (Å²) in [5.41, 5.74) is 6.75. The van der Waals surface area contributed by atoms with E-state index in [4.69, 9.17) is 10.5 Å². The second-order valence-electron chi connectivity index (χ2n) is 12.6. The zero-order valence-electron chi connectivity index (χ0n) is 27.2. The number of piperidine rings is 1. The number of likely N-dealkylation sites (tertiary alicyclic amines) is 1. The van der Waals surface area contributed by atoms with Crippen molar-refractivity contribution in [3.63, 3.8) is 0 Å². The molecule has 0 aliphatic carbocycles. The van der Waals surface area contributed by atoms with Crippen LogP contribution in [0, 0.1) is 11.3 Å². The van der Waals surface area contributed by atoms with E-state index in [1.54, 1.807) is 29.5 Å². The lowest BCUT2D eigenvalue weighted by Gasteiger charge is -2.39. The lowest BCUT2D eigenvalue weighted by atomic mass is 9.74. The van der Waals surface area contributed by atoms with Crippen molar-refractivity contribution in [2.75, 3.05) is 25.0 Å². The van der Waals surface area contributed by atoms with Gasteiger partial charge in [-0.05, 0) is 43.4 Å². The monoisotopic (exact) mass is 647 g/mol. The van der Waals surface area contributed by atoms with E-state index < -0.39 is 34.9 Å². The maximum absolute atomic E-state index is 14.2. The van der Waals surface area contributed by atoms with Gasteiger partial charge in [0.05, 0.1) is 36.6 Å². The van der Waals surface area contributed by atoms with E-state index in [9.17, 15) is 19.6 Å². The number of nitrogens with zero attached hydrogens (tertiary/aromatic N) is 4. The number of nitrogens with two attached hydrogens (primary N) is 1. The number of anilines is 1. The molecule has 0 spiro atoms. The van der Waals surface area contributed by atoms with Crippen LogP contribution in [0.2, 0.25) is 0 Å². The lowest BCUT2D eigenvalue weighted by molar-refractivity contribution is -0.135. The molecule has 11 nitrogen and oxygen atoms in total. The van der Waals surface area contributed by atoms with Gasteiger partial charge in [-0.25, -0.2) is 4.98 Å². The van der Waals surface area contributed by atoms with Crippen LogP contribution < -0.4 is 16.4 Å². The van der Waals surface area contributed by atoms with Gasteiger partial charge in [-0.15, -0.1) is 0 Å². The Morgan fingerprint density at radius 2 is 1.58 bits per heavy atom. The maximum atomic E-state index is 14.2. The van der Waals surface area contributed by atoms with Crippen molar-refractivity contribution in [3.8, 4) is 6.07 Å². The topological polar surface area (TPSA) is 155 Å². The van der Waals surface area contributed by atoms with Crippen molar-refractivity contribution in [2.45, 2.75) is 56.3 Å². The Labute approximate surface area is 280 Å². The highest BCUT2D eigenvalue weighted by atomic mass is 16.5. The maximum Gasteiger partial charge on any atom is 0.250 e. The van der Waals surface area contributed by atoms with Gasteiger partial charge in [0.2, 0.25) is 11.8 Å². The van der Waals surface area contributed by atoms with Crippen molar-refractivity contribution in [1.29, 1.82) is 5.26 Å². The fourth-order valence-electron chi connectivity index (χ4n) is 5.73. The Morgan fingerprint density at radius 3 is 2.19 bits per heavy atom. The number of aromatic nitrogens is 2. The first-order valence-corrected chi connectivity index (χ1v) is 16.0. The van der Waals surface area contributed by atoms with Crippen LogP contribution >= 0.6 is 0 Å². The molecule has 0 bridgehead atoms. The predicted octanol–water partition coefficient (Wildman–Crippen LogP) is 3.93. The Bertz CT molecular complexity index is 1720. The summed E-state index contributed by atoms with van der Waals surface area (Å²) in [7, 11) is 0. The number of nitrogens with one attached hydrogen (secondary N) is 2. The average molecular weight is 648 g/mol. The number of rotatable bonds is 12. The Kier molecular flexibility index (Phi) is 10.7. The zero-order chi connectivity index (χ0) is 34.1. The number of hydrogen-bond acceptors (Lipinski definition) is 7. The smallest absolute Gasteiger partial charge is 0.250 e. The van der Waals surface area contributed by atoms with Crippen LogP contribution in [0.5, 0.6) is 0 Å². The molecule has 0 saturated carbocycles. The highest BCUT2D eigenvalue weighted by molar-refractivity contribution is 5.98. The fourth-order valence-corrected chi connectivity index (χ4v) is 5.73. The molecule has 1 saturated heterocycles. The second kappa shape index (κ2) is 15.1. The molecule has 3 amide bonds. The van der Waals surface area contributed by atoms with Crippen molar-refractivity contribution >= 4 is 23.5 Å². The number of hydrogen-bond donors (Lipinski definition) is 3. The quantitative estimate of drug-likeness (QED) is 0.210. The third-order valence-corrected chi connectivity index (χ3v) is 8.57. The number of ether oxygens (including phenoxy) is 1. The predicted molar refractivity (Wildman–Crippen MR) is 181 cm³/mol. The lowest BCUT2D eigenvalue weighted by Crippen LogP contribution is -2.56. The summed E-state index contributed by atoms with van der Waals surface area (Å²) >= 11 is 0. The largest absolute Gasteiger partial charge is 0.374 e. The summed E-state index contributed by atoms with van der Waals surface area (Å²) in [6, 6.07) is 29.3. The molecule has 1 aromatic heterocycles. The molecule has 5 rings (SSSR count). The first-order chi connectivity index (χ1) is 23.1. The summed E-state index contributed by atoms with van der Waals surface area (Å²) in [4.78, 5) is 46.5. The van der Waals surface area contributed by atoms with Crippen LogP contribution in [0.25, 0.3) is 0 Å². The Hall–Kier alpha value is -5.31. The zero-order valence-corrected chi connectivity index (χ0v) is 27.2. The molecule has 11 heteroatoms. The van der Waals surface area contributed by atoms with E-state index in [2.05, 4.69) is 21.7 Å². The number of benzene rings is 3. The SMILES string of the molecule is CC(C)(N)C(=O)NC(COCc1ccccc1)C(=O)Nc1cn(C(C(=O)N2CCC(C#N)(c3ccccc3)CC2)c2ccccc2)cn1. The Balaban J connectivity index is 1.31. The number of carbonyl (C=O) groups is 3. The number of carbonyl (C=O) groups excluding carboxylic acids is 3. The van der Waals surface area contributed by atoms with Gasteiger partial charge in [0.1, 0.15) is 12.1 Å². The molecule has 3 aromatic carbocycles. The number of nitriles is 1. The molecular formula is C37H41N7O4.